The molecule has 0 atom stereocenters. The average molecular weight is 170 g/mol. The predicted molar refractivity (Wildman–Crippen MR) is 49.0 cm³/mol. The van der Waals surface area contributed by atoms with Crippen molar-refractivity contribution < 1.29 is 9.59 Å². The van der Waals surface area contributed by atoms with Crippen LogP contribution in [0.5, 0.6) is 0 Å². The molecule has 0 saturated heterocycles. The van der Waals surface area contributed by atoms with E-state index in [1.807, 2.05) is 20.8 Å². The third-order valence-electron chi connectivity index (χ3n) is 1.92. The van der Waals surface area contributed by atoms with E-state index in [2.05, 4.69) is 0 Å². The molecule has 0 aliphatic carbocycles. The lowest BCUT2D eigenvalue weighted by molar-refractivity contribution is -0.122. The lowest BCUT2D eigenvalue weighted by Crippen LogP contribution is -2.07. The van der Waals surface area contributed by atoms with E-state index in [1.165, 1.54) is 0 Å². The van der Waals surface area contributed by atoms with Gasteiger partial charge < -0.3 is 0 Å². The molecular weight excluding hydrogens is 152 g/mol. The summed E-state index contributed by atoms with van der Waals surface area (Å²) in [6.07, 6.45) is 2.44. The second-order valence-electron chi connectivity index (χ2n) is 3.37. The molecular formula is C10H18O2. The summed E-state index contributed by atoms with van der Waals surface area (Å²) in [6, 6.07) is 0. The summed E-state index contributed by atoms with van der Waals surface area (Å²) in [4.78, 5) is 22.0. The van der Waals surface area contributed by atoms with Gasteiger partial charge in [0.2, 0.25) is 0 Å². The van der Waals surface area contributed by atoms with Crippen LogP contribution in [0.25, 0.3) is 0 Å². The molecule has 0 radical (unpaired) electrons. The molecule has 0 heterocycles. The molecule has 2 nitrogen and oxygen atoms in total. The van der Waals surface area contributed by atoms with Gasteiger partial charge in [-0.2, -0.15) is 0 Å². The van der Waals surface area contributed by atoms with Crippen LogP contribution in [-0.4, -0.2) is 11.6 Å². The maximum atomic E-state index is 11.1. The molecule has 0 aromatic rings. The summed E-state index contributed by atoms with van der Waals surface area (Å²) in [5.74, 6) is 0.632. The molecule has 0 aliphatic rings. The van der Waals surface area contributed by atoms with Crippen LogP contribution in [0.15, 0.2) is 0 Å². The van der Waals surface area contributed by atoms with Gasteiger partial charge in [-0.1, -0.05) is 20.8 Å². The Morgan fingerprint density at radius 2 is 1.75 bits per heavy atom. The Kier molecular flexibility index (Phi) is 5.60. The second kappa shape index (κ2) is 5.92. The van der Waals surface area contributed by atoms with Crippen molar-refractivity contribution >= 4 is 11.6 Å². The molecule has 0 aromatic carbocycles. The Morgan fingerprint density at radius 1 is 1.17 bits per heavy atom. The van der Waals surface area contributed by atoms with Crippen LogP contribution in [0, 0.1) is 5.92 Å². The molecule has 0 aromatic heterocycles. The Balaban J connectivity index is 3.44. The Morgan fingerprint density at radius 3 is 2.17 bits per heavy atom. The molecule has 12 heavy (non-hydrogen) atoms. The van der Waals surface area contributed by atoms with Gasteiger partial charge >= 0.3 is 0 Å². The van der Waals surface area contributed by atoms with Crippen molar-refractivity contribution in [2.45, 2.75) is 46.5 Å². The van der Waals surface area contributed by atoms with Crippen LogP contribution in [0.3, 0.4) is 0 Å². The normalized spacial score (nSPS) is 10.3. The van der Waals surface area contributed by atoms with Gasteiger partial charge in [-0.05, 0) is 6.42 Å². The molecule has 0 bridgehead atoms. The largest absolute Gasteiger partial charge is 0.300 e. The van der Waals surface area contributed by atoms with E-state index in [0.29, 0.717) is 19.3 Å². The lowest BCUT2D eigenvalue weighted by atomic mass is 10.0. The van der Waals surface area contributed by atoms with Crippen LogP contribution < -0.4 is 0 Å². The summed E-state index contributed by atoms with van der Waals surface area (Å²) < 4.78 is 0. The maximum Gasteiger partial charge on any atom is 0.135 e. The first-order valence-corrected chi connectivity index (χ1v) is 4.62. The molecule has 0 aliphatic heterocycles. The average Bonchev–Trinajstić information content (AvgIpc) is 2.03. The summed E-state index contributed by atoms with van der Waals surface area (Å²) in [5.41, 5.74) is 0. The predicted octanol–water partition coefficient (Wildman–Crippen LogP) is 2.36. The molecule has 0 saturated carbocycles. The van der Waals surface area contributed by atoms with Gasteiger partial charge in [0.25, 0.3) is 0 Å². The SMILES string of the molecule is CCC(=O)CCCC(=O)C(C)C. The van der Waals surface area contributed by atoms with Crippen LogP contribution in [-0.2, 0) is 9.59 Å². The fourth-order valence-electron chi connectivity index (χ4n) is 0.925. The van der Waals surface area contributed by atoms with Crippen molar-refractivity contribution in [1.82, 2.24) is 0 Å². The van der Waals surface area contributed by atoms with Gasteiger partial charge in [0, 0.05) is 25.2 Å². The first-order valence-electron chi connectivity index (χ1n) is 4.62. The fourth-order valence-corrected chi connectivity index (χ4v) is 0.925. The van der Waals surface area contributed by atoms with Crippen molar-refractivity contribution in [2.75, 3.05) is 0 Å². The number of carbonyl (C=O) groups excluding carboxylic acids is 2. The Hall–Kier alpha value is -0.660. The number of Topliss-reactive ketones (excluding diaryl/α,β-unsaturated/α-hetero) is 2. The van der Waals surface area contributed by atoms with Crippen molar-refractivity contribution in [3.8, 4) is 0 Å². The summed E-state index contributed by atoms with van der Waals surface area (Å²) >= 11 is 0. The van der Waals surface area contributed by atoms with E-state index in [9.17, 15) is 9.59 Å². The minimum absolute atomic E-state index is 0.113. The third kappa shape index (κ3) is 5.05. The zero-order valence-electron chi connectivity index (χ0n) is 8.22. The maximum absolute atomic E-state index is 11.1. The van der Waals surface area contributed by atoms with E-state index in [1.54, 1.807) is 0 Å². The summed E-state index contributed by atoms with van der Waals surface area (Å²) in [5, 5.41) is 0. The molecule has 0 unspecified atom stereocenters. The van der Waals surface area contributed by atoms with Crippen molar-refractivity contribution in [1.29, 1.82) is 0 Å². The zero-order valence-corrected chi connectivity index (χ0v) is 8.22. The van der Waals surface area contributed by atoms with Gasteiger partial charge in [0.15, 0.2) is 0 Å². The summed E-state index contributed by atoms with van der Waals surface area (Å²) in [7, 11) is 0. The van der Waals surface area contributed by atoms with Gasteiger partial charge in [0.05, 0.1) is 0 Å². The highest BCUT2D eigenvalue weighted by Crippen LogP contribution is 2.05. The minimum atomic E-state index is 0.113. The number of carbonyl (C=O) groups is 2. The quantitative estimate of drug-likeness (QED) is 0.613. The smallest absolute Gasteiger partial charge is 0.135 e. The molecule has 2 heteroatoms. The van der Waals surface area contributed by atoms with Crippen LogP contribution >= 0.6 is 0 Å². The monoisotopic (exact) mass is 170 g/mol. The van der Waals surface area contributed by atoms with Crippen LogP contribution in [0.4, 0.5) is 0 Å². The fraction of sp³-hybridized carbons (Fsp3) is 0.800. The topological polar surface area (TPSA) is 34.1 Å². The standard InChI is InChI=1S/C10H18O2/c1-4-9(11)6-5-7-10(12)8(2)3/h8H,4-7H2,1-3H3. The highest BCUT2D eigenvalue weighted by molar-refractivity contribution is 5.82. The highest BCUT2D eigenvalue weighted by Gasteiger charge is 2.07. The molecule has 0 spiro atoms. The van der Waals surface area contributed by atoms with Gasteiger partial charge in [-0.3, -0.25) is 9.59 Å². The van der Waals surface area contributed by atoms with Crippen LogP contribution in [0.1, 0.15) is 46.5 Å². The van der Waals surface area contributed by atoms with Gasteiger partial charge in [-0.15, -0.1) is 0 Å². The third-order valence-corrected chi connectivity index (χ3v) is 1.92. The van der Waals surface area contributed by atoms with E-state index in [0.717, 1.165) is 6.42 Å². The van der Waals surface area contributed by atoms with Crippen molar-refractivity contribution in [3.05, 3.63) is 0 Å². The first kappa shape index (κ1) is 11.3. The molecule has 70 valence electrons. The lowest BCUT2D eigenvalue weighted by Gasteiger charge is -2.02. The van der Waals surface area contributed by atoms with E-state index in [4.69, 9.17) is 0 Å². The molecule has 0 amide bonds. The van der Waals surface area contributed by atoms with Gasteiger partial charge in [-0.25, -0.2) is 0 Å². The second-order valence-corrected chi connectivity index (χ2v) is 3.37. The zero-order chi connectivity index (χ0) is 9.56. The highest BCUT2D eigenvalue weighted by atomic mass is 16.1. The number of hydrogen-bond donors (Lipinski definition) is 0. The van der Waals surface area contributed by atoms with E-state index in [-0.39, 0.29) is 17.5 Å². The van der Waals surface area contributed by atoms with Crippen LogP contribution in [0.2, 0.25) is 0 Å². The Bertz CT molecular complexity index is 159. The number of ketones is 2. The van der Waals surface area contributed by atoms with Gasteiger partial charge in [0.1, 0.15) is 11.6 Å². The Labute approximate surface area is 74.3 Å². The molecule has 0 rings (SSSR count). The van der Waals surface area contributed by atoms with Crippen molar-refractivity contribution in [2.24, 2.45) is 5.92 Å². The number of rotatable bonds is 6. The van der Waals surface area contributed by atoms with E-state index < -0.39 is 0 Å². The summed E-state index contributed by atoms with van der Waals surface area (Å²) in [6.45, 7) is 5.64. The van der Waals surface area contributed by atoms with E-state index >= 15 is 0 Å². The first-order chi connectivity index (χ1) is 5.57. The molecule has 0 N–H and O–H groups in total. The number of hydrogen-bond acceptors (Lipinski definition) is 2. The minimum Gasteiger partial charge on any atom is -0.300 e. The van der Waals surface area contributed by atoms with Crippen molar-refractivity contribution in [3.63, 3.8) is 0 Å². The molecule has 0 fully saturated rings.